The van der Waals surface area contributed by atoms with Crippen LogP contribution in [-0.2, 0) is 5.75 Å². The van der Waals surface area contributed by atoms with Crippen LogP contribution in [0.4, 0.5) is 14.6 Å². The van der Waals surface area contributed by atoms with E-state index in [9.17, 15) is 13.9 Å². The highest BCUT2D eigenvalue weighted by atomic mass is 32.2. The Morgan fingerprint density at radius 2 is 2.21 bits per heavy atom. The van der Waals surface area contributed by atoms with Gasteiger partial charge in [0.05, 0.1) is 23.7 Å². The molecule has 1 aromatic carbocycles. The minimum absolute atomic E-state index is 0.0348. The molecule has 0 aliphatic rings. The number of H-pyrrole nitrogens is 1. The first-order chi connectivity index (χ1) is 11.6. The van der Waals surface area contributed by atoms with E-state index in [0.717, 1.165) is 17.0 Å². The van der Waals surface area contributed by atoms with Gasteiger partial charge in [-0.25, -0.2) is 13.8 Å². The second-order valence-electron chi connectivity index (χ2n) is 5.37. The number of thioether (sulfide) groups is 1. The van der Waals surface area contributed by atoms with Crippen molar-refractivity contribution in [3.05, 3.63) is 47.7 Å². The third-order valence-electron chi connectivity index (χ3n) is 3.48. The number of aromatic nitrogens is 3. The molecule has 0 aliphatic carbocycles. The quantitative estimate of drug-likeness (QED) is 0.595. The fraction of sp³-hybridized carbons (Fsp3) is 0.250. The molecule has 5 nitrogen and oxygen atoms in total. The largest absolute Gasteiger partial charge is 0.394 e. The van der Waals surface area contributed by atoms with Crippen LogP contribution in [0.3, 0.4) is 0 Å². The van der Waals surface area contributed by atoms with Gasteiger partial charge in [0.2, 0.25) is 0 Å². The number of anilines is 1. The molecular formula is C16H16F2N4OS. The van der Waals surface area contributed by atoms with Gasteiger partial charge in [0, 0.05) is 17.4 Å². The van der Waals surface area contributed by atoms with Crippen LogP contribution < -0.4 is 5.32 Å². The first-order valence-corrected chi connectivity index (χ1v) is 8.34. The molecule has 0 radical (unpaired) electrons. The Labute approximate surface area is 141 Å². The Morgan fingerprint density at radius 3 is 3.00 bits per heavy atom. The summed E-state index contributed by atoms with van der Waals surface area (Å²) in [6.07, 6.45) is 1.65. The highest BCUT2D eigenvalue weighted by Gasteiger charge is 2.12. The molecule has 0 amide bonds. The second-order valence-corrected chi connectivity index (χ2v) is 6.37. The van der Waals surface area contributed by atoms with Crippen LogP contribution in [0.1, 0.15) is 12.5 Å². The lowest BCUT2D eigenvalue weighted by molar-refractivity contribution is 0.281. The van der Waals surface area contributed by atoms with E-state index in [1.165, 1.54) is 17.8 Å². The zero-order chi connectivity index (χ0) is 17.1. The third kappa shape index (κ3) is 3.49. The number of nitrogens with zero attached hydrogens (tertiary/aromatic N) is 2. The average Bonchev–Trinajstić information content (AvgIpc) is 3.05. The Morgan fingerprint density at radius 1 is 1.38 bits per heavy atom. The maximum Gasteiger partial charge on any atom is 0.162 e. The zero-order valence-corrected chi connectivity index (χ0v) is 13.7. The summed E-state index contributed by atoms with van der Waals surface area (Å²) in [4.78, 5) is 4.49. The summed E-state index contributed by atoms with van der Waals surface area (Å²) in [5, 5.41) is 20.6. The number of aliphatic hydroxyl groups excluding tert-OH is 1. The molecule has 24 heavy (non-hydrogen) atoms. The van der Waals surface area contributed by atoms with E-state index in [1.807, 2.05) is 6.92 Å². The predicted octanol–water partition coefficient (Wildman–Crippen LogP) is 3.32. The van der Waals surface area contributed by atoms with E-state index in [4.69, 9.17) is 0 Å². The smallest absolute Gasteiger partial charge is 0.162 e. The highest BCUT2D eigenvalue weighted by Crippen LogP contribution is 2.29. The molecule has 1 unspecified atom stereocenters. The van der Waals surface area contributed by atoms with Crippen LogP contribution >= 0.6 is 11.8 Å². The molecule has 0 saturated carbocycles. The Bertz CT molecular complexity index is 855. The highest BCUT2D eigenvalue weighted by molar-refractivity contribution is 7.98. The van der Waals surface area contributed by atoms with Gasteiger partial charge in [-0.2, -0.15) is 5.10 Å². The molecule has 3 rings (SSSR count). The molecule has 0 fully saturated rings. The van der Waals surface area contributed by atoms with E-state index >= 15 is 0 Å². The topological polar surface area (TPSA) is 73.8 Å². The van der Waals surface area contributed by atoms with E-state index in [2.05, 4.69) is 20.5 Å². The number of fused-ring (bicyclic) bond motifs is 1. The Kier molecular flexibility index (Phi) is 4.96. The Hall–Kier alpha value is -2.19. The van der Waals surface area contributed by atoms with E-state index in [1.54, 1.807) is 18.3 Å². The third-order valence-corrected chi connectivity index (χ3v) is 4.44. The molecule has 3 N–H and O–H groups in total. The van der Waals surface area contributed by atoms with Crippen molar-refractivity contribution in [1.82, 2.24) is 15.2 Å². The minimum atomic E-state index is -0.857. The van der Waals surface area contributed by atoms with Gasteiger partial charge in [0.1, 0.15) is 10.8 Å². The molecule has 126 valence electrons. The van der Waals surface area contributed by atoms with Crippen molar-refractivity contribution in [2.75, 3.05) is 11.9 Å². The summed E-state index contributed by atoms with van der Waals surface area (Å²) < 4.78 is 27.0. The van der Waals surface area contributed by atoms with Gasteiger partial charge in [-0.15, -0.1) is 11.8 Å². The predicted molar refractivity (Wildman–Crippen MR) is 90.0 cm³/mol. The summed E-state index contributed by atoms with van der Waals surface area (Å²) in [6.45, 7) is 1.79. The number of rotatable bonds is 6. The molecule has 0 aliphatic heterocycles. The summed E-state index contributed by atoms with van der Waals surface area (Å²) >= 11 is 1.30. The van der Waals surface area contributed by atoms with Gasteiger partial charge in [-0.05, 0) is 19.1 Å². The van der Waals surface area contributed by atoms with Crippen molar-refractivity contribution >= 4 is 28.5 Å². The summed E-state index contributed by atoms with van der Waals surface area (Å²) in [5.41, 5.74) is 1.06. The molecule has 0 spiro atoms. The van der Waals surface area contributed by atoms with Crippen molar-refractivity contribution in [1.29, 1.82) is 0 Å². The molecule has 2 heterocycles. The first-order valence-electron chi connectivity index (χ1n) is 7.35. The average molecular weight is 350 g/mol. The lowest BCUT2D eigenvalue weighted by Crippen LogP contribution is -2.20. The van der Waals surface area contributed by atoms with Crippen molar-refractivity contribution in [3.8, 4) is 0 Å². The maximum atomic E-state index is 13.7. The summed E-state index contributed by atoms with van der Waals surface area (Å²) in [7, 11) is 0. The fourth-order valence-electron chi connectivity index (χ4n) is 2.20. The molecule has 0 bridgehead atoms. The second kappa shape index (κ2) is 7.14. The van der Waals surface area contributed by atoms with Crippen molar-refractivity contribution in [2.24, 2.45) is 0 Å². The van der Waals surface area contributed by atoms with Crippen LogP contribution in [0.25, 0.3) is 10.9 Å². The van der Waals surface area contributed by atoms with E-state index in [-0.39, 0.29) is 24.0 Å². The number of nitrogens with one attached hydrogen (secondary N) is 2. The van der Waals surface area contributed by atoms with Gasteiger partial charge in [0.25, 0.3) is 0 Å². The number of hydrogen-bond donors (Lipinski definition) is 3. The first kappa shape index (κ1) is 16.7. The molecule has 1 atom stereocenters. The number of aromatic amines is 1. The molecule has 0 saturated heterocycles. The van der Waals surface area contributed by atoms with Gasteiger partial charge in [-0.3, -0.25) is 5.10 Å². The lowest BCUT2D eigenvalue weighted by Gasteiger charge is -2.13. The van der Waals surface area contributed by atoms with Crippen LogP contribution in [0.5, 0.6) is 0 Å². The molecular weight excluding hydrogens is 334 g/mol. The van der Waals surface area contributed by atoms with E-state index in [0.29, 0.717) is 10.8 Å². The lowest BCUT2D eigenvalue weighted by atomic mass is 10.2. The van der Waals surface area contributed by atoms with Gasteiger partial charge in [-0.1, -0.05) is 12.1 Å². The summed E-state index contributed by atoms with van der Waals surface area (Å²) in [5.74, 6) is -0.848. The standard InChI is InChI=1S/C16H16F2N4OS/c1-9(7-23)20-16-11-6-19-22-13(11)5-14(21-16)24-8-10-3-2-4-12(17)15(10)18/h2-6,9,23H,7-8H2,1H3,(H,19,22)(H,20,21). The molecule has 3 aromatic rings. The van der Waals surface area contributed by atoms with Crippen LogP contribution in [0.2, 0.25) is 0 Å². The number of pyridine rings is 1. The minimum Gasteiger partial charge on any atom is -0.394 e. The van der Waals surface area contributed by atoms with Gasteiger partial charge in [0.15, 0.2) is 11.6 Å². The monoisotopic (exact) mass is 350 g/mol. The number of hydrogen-bond acceptors (Lipinski definition) is 5. The number of aliphatic hydroxyl groups is 1. The van der Waals surface area contributed by atoms with Gasteiger partial charge < -0.3 is 10.4 Å². The maximum absolute atomic E-state index is 13.7. The van der Waals surface area contributed by atoms with Gasteiger partial charge >= 0.3 is 0 Å². The Balaban J connectivity index is 1.85. The zero-order valence-electron chi connectivity index (χ0n) is 12.9. The van der Waals surface area contributed by atoms with Crippen LogP contribution in [-0.4, -0.2) is 32.9 Å². The normalized spacial score (nSPS) is 12.5. The fourth-order valence-corrected chi connectivity index (χ4v) is 3.08. The SMILES string of the molecule is CC(CO)Nc1nc(SCc2cccc(F)c2F)cc2[nH]ncc12. The van der Waals surface area contributed by atoms with E-state index < -0.39 is 11.6 Å². The molecule has 2 aromatic heterocycles. The van der Waals surface area contributed by atoms with Crippen molar-refractivity contribution < 1.29 is 13.9 Å². The molecule has 8 heteroatoms. The number of halogens is 2. The summed E-state index contributed by atoms with van der Waals surface area (Å²) in [6, 6.07) is 5.76. The van der Waals surface area contributed by atoms with Crippen molar-refractivity contribution in [3.63, 3.8) is 0 Å². The number of benzene rings is 1. The van der Waals surface area contributed by atoms with Crippen molar-refractivity contribution in [2.45, 2.75) is 23.7 Å². The van der Waals surface area contributed by atoms with Crippen LogP contribution in [0, 0.1) is 11.6 Å². The van der Waals surface area contributed by atoms with Crippen LogP contribution in [0.15, 0.2) is 35.5 Å².